The molecular weight excluding hydrogens is 308 g/mol. The highest BCUT2D eigenvalue weighted by Crippen LogP contribution is 2.16. The summed E-state index contributed by atoms with van der Waals surface area (Å²) < 4.78 is 35.0. The van der Waals surface area contributed by atoms with Gasteiger partial charge in [0.1, 0.15) is 17.9 Å². The molecule has 0 aliphatic heterocycles. The van der Waals surface area contributed by atoms with Gasteiger partial charge < -0.3 is 9.47 Å². The Labute approximate surface area is 129 Å². The number of benzene rings is 1. The molecular formula is C15H11F2N3O3. The minimum absolute atomic E-state index is 0.00202. The first-order chi connectivity index (χ1) is 11.1. The van der Waals surface area contributed by atoms with E-state index < -0.39 is 12.6 Å². The predicted octanol–water partition coefficient (Wildman–Crippen LogP) is 2.69. The number of carbonyl (C=O) groups is 1. The van der Waals surface area contributed by atoms with Crippen molar-refractivity contribution >= 4 is 11.6 Å². The largest absolute Gasteiger partial charge is 0.457 e. The van der Waals surface area contributed by atoms with Crippen LogP contribution in [0.1, 0.15) is 15.9 Å². The fraction of sp³-hybridized carbons (Fsp3) is 0.133. The number of carbonyl (C=O) groups excluding carboxylic acids is 1. The zero-order valence-electron chi connectivity index (χ0n) is 11.7. The van der Waals surface area contributed by atoms with E-state index in [1.807, 2.05) is 0 Å². The maximum absolute atomic E-state index is 12.1. The van der Waals surface area contributed by atoms with Crippen molar-refractivity contribution in [2.45, 2.75) is 13.2 Å². The van der Waals surface area contributed by atoms with Crippen LogP contribution in [0.5, 0.6) is 5.75 Å². The van der Waals surface area contributed by atoms with Crippen molar-refractivity contribution in [1.82, 2.24) is 14.6 Å². The second-order valence-corrected chi connectivity index (χ2v) is 4.54. The maximum atomic E-state index is 12.1. The van der Waals surface area contributed by atoms with Crippen LogP contribution in [0.3, 0.4) is 0 Å². The number of halogens is 2. The second kappa shape index (κ2) is 6.39. The van der Waals surface area contributed by atoms with E-state index in [4.69, 9.17) is 4.74 Å². The topological polar surface area (TPSA) is 65.7 Å². The number of fused-ring (bicyclic) bond motifs is 1. The van der Waals surface area contributed by atoms with Crippen LogP contribution in [-0.4, -0.2) is 27.2 Å². The average molecular weight is 319 g/mol. The summed E-state index contributed by atoms with van der Waals surface area (Å²) >= 11 is 0. The Balaban J connectivity index is 1.65. The molecule has 6 nitrogen and oxygen atoms in total. The van der Waals surface area contributed by atoms with E-state index in [0.29, 0.717) is 11.2 Å². The molecule has 3 aromatic rings. The van der Waals surface area contributed by atoms with Gasteiger partial charge in [0.25, 0.3) is 0 Å². The standard InChI is InChI=1S/C15H11F2N3O3/c16-15(17)23-11-4-2-10(3-5-11)9-22-14(21)12-8-19-20-7-1-6-18-13(12)20/h1-8,15H,9H2. The van der Waals surface area contributed by atoms with Crippen molar-refractivity contribution in [1.29, 1.82) is 0 Å². The van der Waals surface area contributed by atoms with Crippen LogP contribution in [0.4, 0.5) is 8.78 Å². The Hall–Kier alpha value is -3.03. The van der Waals surface area contributed by atoms with E-state index in [0.717, 1.165) is 0 Å². The summed E-state index contributed by atoms with van der Waals surface area (Å²) in [4.78, 5) is 16.1. The smallest absolute Gasteiger partial charge is 0.387 e. The third-order valence-corrected chi connectivity index (χ3v) is 3.02. The second-order valence-electron chi connectivity index (χ2n) is 4.54. The summed E-state index contributed by atoms with van der Waals surface area (Å²) in [5.41, 5.74) is 1.30. The molecule has 0 saturated carbocycles. The molecule has 0 saturated heterocycles. The van der Waals surface area contributed by atoms with Gasteiger partial charge in [-0.1, -0.05) is 12.1 Å². The van der Waals surface area contributed by atoms with Gasteiger partial charge in [-0.2, -0.15) is 13.9 Å². The molecule has 0 aliphatic carbocycles. The number of aromatic nitrogens is 3. The SMILES string of the molecule is O=C(OCc1ccc(OC(F)F)cc1)c1cnn2cccnc12. The van der Waals surface area contributed by atoms with Crippen LogP contribution in [0.2, 0.25) is 0 Å². The molecule has 2 aromatic heterocycles. The lowest BCUT2D eigenvalue weighted by molar-refractivity contribution is -0.0498. The van der Waals surface area contributed by atoms with Gasteiger partial charge in [0.05, 0.1) is 6.20 Å². The van der Waals surface area contributed by atoms with Gasteiger partial charge in [-0.05, 0) is 23.8 Å². The third-order valence-electron chi connectivity index (χ3n) is 3.02. The third kappa shape index (κ3) is 3.42. The lowest BCUT2D eigenvalue weighted by Crippen LogP contribution is -2.06. The number of alkyl halides is 2. The van der Waals surface area contributed by atoms with Crippen molar-refractivity contribution in [2.75, 3.05) is 0 Å². The predicted molar refractivity (Wildman–Crippen MR) is 75.2 cm³/mol. The Bertz CT molecular complexity index is 818. The summed E-state index contributed by atoms with van der Waals surface area (Å²) in [7, 11) is 0. The monoisotopic (exact) mass is 319 g/mol. The summed E-state index contributed by atoms with van der Waals surface area (Å²) in [6.07, 6.45) is 4.60. The van der Waals surface area contributed by atoms with Crippen LogP contribution in [-0.2, 0) is 11.3 Å². The highest BCUT2D eigenvalue weighted by molar-refractivity contribution is 5.95. The molecule has 0 atom stereocenters. The molecule has 118 valence electrons. The summed E-state index contributed by atoms with van der Waals surface area (Å²) in [5.74, 6) is -0.520. The first kappa shape index (κ1) is 14.9. The first-order valence-corrected chi connectivity index (χ1v) is 6.63. The normalized spacial score (nSPS) is 10.9. The quantitative estimate of drug-likeness (QED) is 0.677. The fourth-order valence-electron chi connectivity index (χ4n) is 1.96. The van der Waals surface area contributed by atoms with Gasteiger partial charge in [0.15, 0.2) is 5.65 Å². The van der Waals surface area contributed by atoms with Gasteiger partial charge in [0.2, 0.25) is 0 Å². The zero-order chi connectivity index (χ0) is 16.2. The molecule has 0 spiro atoms. The number of esters is 1. The Morgan fingerprint density at radius 2 is 2.04 bits per heavy atom. The molecule has 1 aromatic carbocycles. The molecule has 0 N–H and O–H groups in total. The van der Waals surface area contributed by atoms with Crippen molar-refractivity contribution in [3.63, 3.8) is 0 Å². The van der Waals surface area contributed by atoms with Crippen molar-refractivity contribution < 1.29 is 23.0 Å². The lowest BCUT2D eigenvalue weighted by Gasteiger charge is -2.06. The van der Waals surface area contributed by atoms with E-state index in [2.05, 4.69) is 14.8 Å². The van der Waals surface area contributed by atoms with E-state index in [9.17, 15) is 13.6 Å². The van der Waals surface area contributed by atoms with Crippen molar-refractivity contribution in [3.05, 3.63) is 60.0 Å². The molecule has 0 radical (unpaired) electrons. The molecule has 8 heteroatoms. The Kier molecular flexibility index (Phi) is 4.13. The summed E-state index contributed by atoms with van der Waals surface area (Å²) in [6.45, 7) is -2.88. The average Bonchev–Trinajstić information content (AvgIpc) is 2.97. The lowest BCUT2D eigenvalue weighted by atomic mass is 10.2. The fourth-order valence-corrected chi connectivity index (χ4v) is 1.96. The van der Waals surface area contributed by atoms with Gasteiger partial charge in [-0.25, -0.2) is 14.3 Å². The van der Waals surface area contributed by atoms with Crippen LogP contribution < -0.4 is 4.74 Å². The molecule has 0 aliphatic rings. The number of rotatable bonds is 5. The van der Waals surface area contributed by atoms with Crippen molar-refractivity contribution in [2.24, 2.45) is 0 Å². The van der Waals surface area contributed by atoms with E-state index >= 15 is 0 Å². The van der Waals surface area contributed by atoms with Gasteiger partial charge in [-0.15, -0.1) is 0 Å². The molecule has 3 rings (SSSR count). The Morgan fingerprint density at radius 1 is 1.26 bits per heavy atom. The highest BCUT2D eigenvalue weighted by Gasteiger charge is 2.15. The van der Waals surface area contributed by atoms with Crippen LogP contribution >= 0.6 is 0 Å². The number of ether oxygens (including phenoxy) is 2. The van der Waals surface area contributed by atoms with Crippen LogP contribution in [0, 0.1) is 0 Å². The molecule has 0 bridgehead atoms. The number of hydrogen-bond acceptors (Lipinski definition) is 5. The minimum atomic E-state index is -2.87. The van der Waals surface area contributed by atoms with Gasteiger partial charge >= 0.3 is 12.6 Å². The molecule has 0 fully saturated rings. The van der Waals surface area contributed by atoms with Crippen LogP contribution in [0.25, 0.3) is 5.65 Å². The molecule has 0 amide bonds. The molecule has 23 heavy (non-hydrogen) atoms. The van der Waals surface area contributed by atoms with Crippen molar-refractivity contribution in [3.8, 4) is 5.75 Å². The number of hydrogen-bond donors (Lipinski definition) is 0. The van der Waals surface area contributed by atoms with Gasteiger partial charge in [-0.3, -0.25) is 0 Å². The first-order valence-electron chi connectivity index (χ1n) is 6.63. The summed E-state index contributed by atoms with van der Waals surface area (Å²) in [5, 5.41) is 4.00. The maximum Gasteiger partial charge on any atom is 0.387 e. The van der Waals surface area contributed by atoms with Crippen LogP contribution in [0.15, 0.2) is 48.9 Å². The van der Waals surface area contributed by atoms with E-state index in [1.165, 1.54) is 22.8 Å². The summed E-state index contributed by atoms with van der Waals surface area (Å²) in [6, 6.07) is 7.54. The minimum Gasteiger partial charge on any atom is -0.457 e. The van der Waals surface area contributed by atoms with Gasteiger partial charge in [0, 0.05) is 12.4 Å². The molecule has 2 heterocycles. The number of nitrogens with zero attached hydrogens (tertiary/aromatic N) is 3. The van der Waals surface area contributed by atoms with E-state index in [-0.39, 0.29) is 17.9 Å². The highest BCUT2D eigenvalue weighted by atomic mass is 19.3. The van der Waals surface area contributed by atoms with E-state index in [1.54, 1.807) is 30.6 Å². The Morgan fingerprint density at radius 3 is 2.78 bits per heavy atom. The zero-order valence-corrected chi connectivity index (χ0v) is 11.7. The molecule has 0 unspecified atom stereocenters.